The third kappa shape index (κ3) is 6.79. The van der Waals surface area contributed by atoms with Crippen molar-refractivity contribution in [2.24, 2.45) is 0 Å². The lowest BCUT2D eigenvalue weighted by Crippen LogP contribution is -2.51. The van der Waals surface area contributed by atoms with Crippen molar-refractivity contribution < 1.29 is 18.0 Å². The zero-order chi connectivity index (χ0) is 24.1. The smallest absolute Gasteiger partial charge is 0.243 e. The van der Waals surface area contributed by atoms with Gasteiger partial charge < -0.3 is 10.2 Å². The molecule has 2 amide bonds. The Kier molecular flexibility index (Phi) is 8.83. The predicted molar refractivity (Wildman–Crippen MR) is 126 cm³/mol. The van der Waals surface area contributed by atoms with E-state index in [1.807, 2.05) is 45.0 Å². The molecule has 2 rings (SSSR count). The van der Waals surface area contributed by atoms with Crippen LogP contribution in [0.1, 0.15) is 31.9 Å². The van der Waals surface area contributed by atoms with E-state index in [0.717, 1.165) is 15.4 Å². The summed E-state index contributed by atoms with van der Waals surface area (Å²) in [5, 5.41) is 3.23. The summed E-state index contributed by atoms with van der Waals surface area (Å²) < 4.78 is 26.8. The second-order valence-corrected chi connectivity index (χ2v) is 10.5. The van der Waals surface area contributed by atoms with E-state index in [1.54, 1.807) is 6.92 Å². The number of hydrogen-bond donors (Lipinski definition) is 1. The molecule has 7 nitrogen and oxygen atoms in total. The Bertz CT molecular complexity index is 1060. The molecule has 2 aromatic rings. The summed E-state index contributed by atoms with van der Waals surface area (Å²) in [5.74, 6) is -0.776. The minimum absolute atomic E-state index is 0.0352. The van der Waals surface area contributed by atoms with Gasteiger partial charge in [0, 0.05) is 24.7 Å². The van der Waals surface area contributed by atoms with Crippen LogP contribution < -0.4 is 5.32 Å². The Balaban J connectivity index is 2.27. The highest BCUT2D eigenvalue weighted by molar-refractivity contribution is 7.89. The van der Waals surface area contributed by atoms with Crippen LogP contribution in [0, 0.1) is 6.92 Å². The van der Waals surface area contributed by atoms with Crippen LogP contribution in [-0.2, 0) is 26.2 Å². The van der Waals surface area contributed by atoms with Gasteiger partial charge in [-0.1, -0.05) is 41.4 Å². The molecule has 0 saturated carbocycles. The van der Waals surface area contributed by atoms with E-state index in [4.69, 9.17) is 11.6 Å². The van der Waals surface area contributed by atoms with Gasteiger partial charge in [-0.2, -0.15) is 4.31 Å². The lowest BCUT2D eigenvalue weighted by Gasteiger charge is -2.31. The highest BCUT2D eigenvalue weighted by Gasteiger charge is 2.30. The molecule has 1 N–H and O–H groups in total. The number of hydrogen-bond acceptors (Lipinski definition) is 4. The van der Waals surface area contributed by atoms with Crippen molar-refractivity contribution in [1.82, 2.24) is 14.5 Å². The first-order valence-corrected chi connectivity index (χ1v) is 12.1. The van der Waals surface area contributed by atoms with Gasteiger partial charge in [0.2, 0.25) is 21.8 Å². The maximum atomic E-state index is 13.2. The molecule has 0 aromatic heterocycles. The fraction of sp³-hybridized carbons (Fsp3) is 0.391. The second-order valence-electron chi connectivity index (χ2n) is 8.06. The zero-order valence-electron chi connectivity index (χ0n) is 19.0. The number of amides is 2. The van der Waals surface area contributed by atoms with Gasteiger partial charge in [0.25, 0.3) is 0 Å². The van der Waals surface area contributed by atoms with Crippen molar-refractivity contribution in [2.45, 2.75) is 51.2 Å². The second kappa shape index (κ2) is 10.9. The fourth-order valence-electron chi connectivity index (χ4n) is 3.15. The van der Waals surface area contributed by atoms with Gasteiger partial charge in [-0.25, -0.2) is 8.42 Å². The highest BCUT2D eigenvalue weighted by atomic mass is 35.5. The normalized spacial score (nSPS) is 12.6. The quantitative estimate of drug-likeness (QED) is 0.598. The Morgan fingerprint density at radius 1 is 1.06 bits per heavy atom. The van der Waals surface area contributed by atoms with E-state index in [0.29, 0.717) is 5.02 Å². The first kappa shape index (κ1) is 25.8. The minimum Gasteiger partial charge on any atom is -0.352 e. The van der Waals surface area contributed by atoms with E-state index in [2.05, 4.69) is 5.32 Å². The van der Waals surface area contributed by atoms with Gasteiger partial charge in [-0.3, -0.25) is 9.59 Å². The summed E-state index contributed by atoms with van der Waals surface area (Å²) in [6.07, 6.45) is 0. The molecule has 0 aliphatic carbocycles. The molecule has 0 aliphatic heterocycles. The number of carbonyl (C=O) groups is 2. The standard InChI is InChI=1S/C23H30ClN3O4S/c1-16(2)25-23(29)18(4)27(14-19-8-6-7-17(3)13-19)22(28)15-26(5)32(30,31)21-11-9-20(24)10-12-21/h6-13,16,18H,14-15H2,1-5H3,(H,25,29). The number of sulfonamides is 1. The average molecular weight is 480 g/mol. The Morgan fingerprint density at radius 3 is 2.25 bits per heavy atom. The molecule has 0 fully saturated rings. The fourth-order valence-corrected chi connectivity index (χ4v) is 4.39. The number of carbonyl (C=O) groups excluding carboxylic acids is 2. The zero-order valence-corrected chi connectivity index (χ0v) is 20.6. The SMILES string of the molecule is Cc1cccc(CN(C(=O)CN(C)S(=O)(=O)c2ccc(Cl)cc2)C(C)C(=O)NC(C)C)c1. The lowest BCUT2D eigenvalue weighted by molar-refractivity contribution is -0.140. The van der Waals surface area contributed by atoms with Crippen LogP contribution in [0.15, 0.2) is 53.4 Å². The number of aryl methyl sites for hydroxylation is 1. The molecule has 2 aromatic carbocycles. The molecule has 32 heavy (non-hydrogen) atoms. The van der Waals surface area contributed by atoms with E-state index in [-0.39, 0.29) is 23.4 Å². The number of benzene rings is 2. The number of rotatable bonds is 9. The summed E-state index contributed by atoms with van der Waals surface area (Å²) in [4.78, 5) is 27.3. The van der Waals surface area contributed by atoms with Crippen molar-refractivity contribution >= 4 is 33.4 Å². The highest BCUT2D eigenvalue weighted by Crippen LogP contribution is 2.18. The van der Waals surface area contributed by atoms with Crippen molar-refractivity contribution in [3.8, 4) is 0 Å². The molecular formula is C23H30ClN3O4S. The lowest BCUT2D eigenvalue weighted by atomic mass is 10.1. The Hall–Kier alpha value is -2.42. The summed E-state index contributed by atoms with van der Waals surface area (Å²) in [7, 11) is -2.56. The van der Waals surface area contributed by atoms with E-state index in [1.165, 1.54) is 36.2 Å². The number of halogens is 1. The van der Waals surface area contributed by atoms with E-state index >= 15 is 0 Å². The van der Waals surface area contributed by atoms with Crippen molar-refractivity contribution in [3.05, 3.63) is 64.7 Å². The number of nitrogens with zero attached hydrogens (tertiary/aromatic N) is 2. The summed E-state index contributed by atoms with van der Waals surface area (Å²) in [5.41, 5.74) is 1.88. The van der Waals surface area contributed by atoms with Crippen LogP contribution in [0.2, 0.25) is 5.02 Å². The van der Waals surface area contributed by atoms with E-state index < -0.39 is 28.5 Å². The predicted octanol–water partition coefficient (Wildman–Crippen LogP) is 3.21. The van der Waals surface area contributed by atoms with Crippen LogP contribution in [-0.4, -0.2) is 55.1 Å². The minimum atomic E-state index is -3.90. The van der Waals surface area contributed by atoms with Crippen LogP contribution in [0.25, 0.3) is 0 Å². The average Bonchev–Trinajstić information content (AvgIpc) is 2.71. The molecule has 0 saturated heterocycles. The molecule has 0 heterocycles. The number of nitrogens with one attached hydrogen (secondary N) is 1. The molecule has 0 radical (unpaired) electrons. The molecule has 174 valence electrons. The summed E-state index contributed by atoms with van der Waals surface area (Å²) in [6, 6.07) is 12.5. The first-order valence-electron chi connectivity index (χ1n) is 10.3. The van der Waals surface area contributed by atoms with Crippen LogP contribution in [0.5, 0.6) is 0 Å². The third-order valence-corrected chi connectivity index (χ3v) is 6.98. The van der Waals surface area contributed by atoms with Crippen molar-refractivity contribution in [3.63, 3.8) is 0 Å². The maximum absolute atomic E-state index is 13.2. The van der Waals surface area contributed by atoms with Crippen molar-refractivity contribution in [2.75, 3.05) is 13.6 Å². The molecule has 9 heteroatoms. The Labute approximate surface area is 195 Å². The molecule has 0 aliphatic rings. The van der Waals surface area contributed by atoms with E-state index in [9.17, 15) is 18.0 Å². The van der Waals surface area contributed by atoms with Gasteiger partial charge in [0.15, 0.2) is 0 Å². The maximum Gasteiger partial charge on any atom is 0.243 e. The first-order chi connectivity index (χ1) is 14.9. The van der Waals surface area contributed by atoms with Crippen LogP contribution in [0.4, 0.5) is 0 Å². The van der Waals surface area contributed by atoms with Crippen LogP contribution >= 0.6 is 11.6 Å². The monoisotopic (exact) mass is 479 g/mol. The molecule has 0 bridgehead atoms. The van der Waals surface area contributed by atoms with Gasteiger partial charge >= 0.3 is 0 Å². The Morgan fingerprint density at radius 2 is 1.69 bits per heavy atom. The number of likely N-dealkylation sites (N-methyl/N-ethyl adjacent to an activating group) is 1. The summed E-state index contributed by atoms with van der Waals surface area (Å²) in [6.45, 7) is 7.03. The molecule has 0 spiro atoms. The van der Waals surface area contributed by atoms with Gasteiger partial charge in [0.05, 0.1) is 11.4 Å². The van der Waals surface area contributed by atoms with Gasteiger partial charge in [0.1, 0.15) is 6.04 Å². The van der Waals surface area contributed by atoms with Crippen LogP contribution in [0.3, 0.4) is 0 Å². The molecule has 1 unspecified atom stereocenters. The molecular weight excluding hydrogens is 450 g/mol. The van der Waals surface area contributed by atoms with Crippen molar-refractivity contribution in [1.29, 1.82) is 0 Å². The molecule has 1 atom stereocenters. The summed E-state index contributed by atoms with van der Waals surface area (Å²) >= 11 is 5.85. The topological polar surface area (TPSA) is 86.8 Å². The van der Waals surface area contributed by atoms with Gasteiger partial charge in [-0.05, 0) is 57.5 Å². The third-order valence-electron chi connectivity index (χ3n) is 4.91. The van der Waals surface area contributed by atoms with Gasteiger partial charge in [-0.15, -0.1) is 0 Å². The largest absolute Gasteiger partial charge is 0.352 e.